The standard InChI is InChI=1S/C20H20N2O4/c1-12-8-16(19-13(2)14(3)20(24)26-17(19)9-12)25-11-18(23)22-10-15-4-6-21-7-5-15/h4-9H,10-11H2,1-3H3,(H,22,23). The van der Waals surface area contributed by atoms with Crippen LogP contribution in [-0.4, -0.2) is 17.5 Å². The number of nitrogens with one attached hydrogen (secondary N) is 1. The maximum atomic E-state index is 12.1. The van der Waals surface area contributed by atoms with Gasteiger partial charge in [-0.25, -0.2) is 4.79 Å². The van der Waals surface area contributed by atoms with Crippen molar-refractivity contribution in [3.63, 3.8) is 0 Å². The molecule has 3 aromatic rings. The summed E-state index contributed by atoms with van der Waals surface area (Å²) in [5, 5.41) is 3.52. The third-order valence-electron chi connectivity index (χ3n) is 4.25. The van der Waals surface area contributed by atoms with Crippen molar-refractivity contribution in [2.75, 3.05) is 6.61 Å². The molecule has 6 nitrogen and oxygen atoms in total. The van der Waals surface area contributed by atoms with E-state index in [1.807, 2.05) is 32.0 Å². The van der Waals surface area contributed by atoms with Crippen molar-refractivity contribution < 1.29 is 13.9 Å². The van der Waals surface area contributed by atoms with Crippen molar-refractivity contribution in [1.82, 2.24) is 10.3 Å². The molecule has 2 aromatic heterocycles. The van der Waals surface area contributed by atoms with E-state index < -0.39 is 0 Å². The molecule has 0 fully saturated rings. The van der Waals surface area contributed by atoms with E-state index in [2.05, 4.69) is 10.3 Å². The minimum atomic E-state index is -0.360. The Bertz CT molecular complexity index is 1010. The first-order valence-electron chi connectivity index (χ1n) is 8.29. The molecule has 1 amide bonds. The summed E-state index contributed by atoms with van der Waals surface area (Å²) in [5.41, 5.74) is 3.28. The molecule has 1 N–H and O–H groups in total. The van der Waals surface area contributed by atoms with Crippen LogP contribution in [0.15, 0.2) is 45.9 Å². The van der Waals surface area contributed by atoms with Crippen molar-refractivity contribution in [2.24, 2.45) is 0 Å². The van der Waals surface area contributed by atoms with Gasteiger partial charge >= 0.3 is 5.63 Å². The number of aromatic nitrogens is 1. The zero-order valence-corrected chi connectivity index (χ0v) is 15.0. The van der Waals surface area contributed by atoms with Crippen LogP contribution < -0.4 is 15.7 Å². The summed E-state index contributed by atoms with van der Waals surface area (Å²) < 4.78 is 11.1. The predicted octanol–water partition coefficient (Wildman–Crippen LogP) is 2.81. The fourth-order valence-corrected chi connectivity index (χ4v) is 2.70. The Morgan fingerprint density at radius 1 is 1.15 bits per heavy atom. The highest BCUT2D eigenvalue weighted by molar-refractivity contribution is 5.88. The average molecular weight is 352 g/mol. The Hall–Kier alpha value is -3.15. The molecular weight excluding hydrogens is 332 g/mol. The van der Waals surface area contributed by atoms with Crippen molar-refractivity contribution in [3.8, 4) is 5.75 Å². The molecule has 0 radical (unpaired) electrons. The zero-order chi connectivity index (χ0) is 18.7. The first-order chi connectivity index (χ1) is 12.5. The number of hydrogen-bond acceptors (Lipinski definition) is 5. The molecule has 2 heterocycles. The second-order valence-corrected chi connectivity index (χ2v) is 6.20. The van der Waals surface area contributed by atoms with Gasteiger partial charge in [0.15, 0.2) is 6.61 Å². The van der Waals surface area contributed by atoms with Gasteiger partial charge in [-0.15, -0.1) is 0 Å². The second-order valence-electron chi connectivity index (χ2n) is 6.20. The van der Waals surface area contributed by atoms with Crippen LogP contribution in [0.1, 0.15) is 22.3 Å². The third-order valence-corrected chi connectivity index (χ3v) is 4.25. The Labute approximate surface area is 150 Å². The fraction of sp³-hybridized carbons (Fsp3) is 0.250. The number of pyridine rings is 1. The SMILES string of the molecule is Cc1cc(OCC(=O)NCc2ccncc2)c2c(C)c(C)c(=O)oc2c1. The molecule has 0 saturated carbocycles. The molecule has 0 spiro atoms. The lowest BCUT2D eigenvalue weighted by molar-refractivity contribution is -0.123. The average Bonchev–Trinajstić information content (AvgIpc) is 2.63. The molecule has 0 bridgehead atoms. The number of carbonyl (C=O) groups is 1. The Morgan fingerprint density at radius 3 is 2.62 bits per heavy atom. The van der Waals surface area contributed by atoms with E-state index in [1.54, 1.807) is 25.4 Å². The molecular formula is C20H20N2O4. The van der Waals surface area contributed by atoms with Crippen molar-refractivity contribution >= 4 is 16.9 Å². The molecule has 0 aliphatic carbocycles. The lowest BCUT2D eigenvalue weighted by Crippen LogP contribution is -2.28. The summed E-state index contributed by atoms with van der Waals surface area (Å²) >= 11 is 0. The van der Waals surface area contributed by atoms with Gasteiger partial charge in [0.2, 0.25) is 0 Å². The Balaban J connectivity index is 1.77. The minimum Gasteiger partial charge on any atom is -0.483 e. The summed E-state index contributed by atoms with van der Waals surface area (Å²) in [5.74, 6) is 0.298. The number of ether oxygens (including phenoxy) is 1. The molecule has 134 valence electrons. The third kappa shape index (κ3) is 3.74. The van der Waals surface area contributed by atoms with E-state index in [9.17, 15) is 9.59 Å². The molecule has 1 aromatic carbocycles. The largest absolute Gasteiger partial charge is 0.483 e. The number of rotatable bonds is 5. The number of amides is 1. The molecule has 6 heteroatoms. The number of nitrogens with zero attached hydrogens (tertiary/aromatic N) is 1. The maximum absolute atomic E-state index is 12.1. The van der Waals surface area contributed by atoms with Gasteiger partial charge in [-0.1, -0.05) is 0 Å². The smallest absolute Gasteiger partial charge is 0.339 e. The van der Waals surface area contributed by atoms with E-state index in [0.717, 1.165) is 22.1 Å². The van der Waals surface area contributed by atoms with E-state index >= 15 is 0 Å². The van der Waals surface area contributed by atoms with Crippen LogP contribution in [-0.2, 0) is 11.3 Å². The van der Waals surface area contributed by atoms with E-state index in [-0.39, 0.29) is 18.1 Å². The van der Waals surface area contributed by atoms with Gasteiger partial charge in [0.1, 0.15) is 11.3 Å². The maximum Gasteiger partial charge on any atom is 0.339 e. The van der Waals surface area contributed by atoms with Gasteiger partial charge in [-0.3, -0.25) is 9.78 Å². The highest BCUT2D eigenvalue weighted by Gasteiger charge is 2.14. The van der Waals surface area contributed by atoms with Gasteiger partial charge in [0.05, 0.1) is 5.39 Å². The summed E-state index contributed by atoms with van der Waals surface area (Å²) in [6, 6.07) is 7.30. The molecule has 0 aliphatic rings. The van der Waals surface area contributed by atoms with Gasteiger partial charge in [0, 0.05) is 24.5 Å². The molecule has 0 aliphatic heterocycles. The number of hydrogen-bond donors (Lipinski definition) is 1. The van der Waals surface area contributed by atoms with Gasteiger partial charge in [-0.05, 0) is 61.7 Å². The van der Waals surface area contributed by atoms with Crippen molar-refractivity contribution in [2.45, 2.75) is 27.3 Å². The van der Waals surface area contributed by atoms with E-state index in [4.69, 9.17) is 9.15 Å². The van der Waals surface area contributed by atoms with Crippen LogP contribution in [0.5, 0.6) is 5.75 Å². The summed E-state index contributed by atoms with van der Waals surface area (Å²) in [6.45, 7) is 5.73. The van der Waals surface area contributed by atoms with Gasteiger partial charge in [-0.2, -0.15) is 0 Å². The number of benzene rings is 1. The normalized spacial score (nSPS) is 10.7. The topological polar surface area (TPSA) is 81.4 Å². The van der Waals surface area contributed by atoms with Gasteiger partial charge in [0.25, 0.3) is 5.91 Å². The first-order valence-corrected chi connectivity index (χ1v) is 8.29. The van der Waals surface area contributed by atoms with Crippen LogP contribution in [0.25, 0.3) is 11.0 Å². The summed E-state index contributed by atoms with van der Waals surface area (Å²) in [6.07, 6.45) is 3.35. The number of carbonyl (C=O) groups excluding carboxylic acids is 1. The van der Waals surface area contributed by atoms with E-state index in [1.165, 1.54) is 0 Å². The van der Waals surface area contributed by atoms with Crippen LogP contribution >= 0.6 is 0 Å². The highest BCUT2D eigenvalue weighted by atomic mass is 16.5. The molecule has 0 atom stereocenters. The Kier molecular flexibility index (Phi) is 5.02. The minimum absolute atomic E-state index is 0.124. The molecule has 0 unspecified atom stereocenters. The lowest BCUT2D eigenvalue weighted by Gasteiger charge is -2.13. The van der Waals surface area contributed by atoms with Crippen LogP contribution in [0.3, 0.4) is 0 Å². The summed E-state index contributed by atoms with van der Waals surface area (Å²) in [7, 11) is 0. The predicted molar refractivity (Wildman–Crippen MR) is 98.3 cm³/mol. The monoisotopic (exact) mass is 352 g/mol. The molecule has 26 heavy (non-hydrogen) atoms. The highest BCUT2D eigenvalue weighted by Crippen LogP contribution is 2.30. The molecule has 3 rings (SSSR count). The van der Waals surface area contributed by atoms with Gasteiger partial charge < -0.3 is 14.5 Å². The van der Waals surface area contributed by atoms with Crippen LogP contribution in [0, 0.1) is 20.8 Å². The molecule has 0 saturated heterocycles. The lowest BCUT2D eigenvalue weighted by atomic mass is 10.0. The van der Waals surface area contributed by atoms with Crippen LogP contribution in [0.2, 0.25) is 0 Å². The Morgan fingerprint density at radius 2 is 1.88 bits per heavy atom. The second kappa shape index (κ2) is 7.39. The van der Waals surface area contributed by atoms with E-state index in [0.29, 0.717) is 23.4 Å². The van der Waals surface area contributed by atoms with Crippen LogP contribution in [0.4, 0.5) is 0 Å². The fourth-order valence-electron chi connectivity index (χ4n) is 2.70. The van der Waals surface area contributed by atoms with Crippen molar-refractivity contribution in [3.05, 3.63) is 69.3 Å². The zero-order valence-electron chi connectivity index (χ0n) is 15.0. The first kappa shape index (κ1) is 17.7. The quantitative estimate of drug-likeness (QED) is 0.714. The number of fused-ring (bicyclic) bond motifs is 1. The number of aryl methyl sites for hydroxylation is 2. The van der Waals surface area contributed by atoms with Crippen molar-refractivity contribution in [1.29, 1.82) is 0 Å². The summed E-state index contributed by atoms with van der Waals surface area (Å²) in [4.78, 5) is 27.9.